The van der Waals surface area contributed by atoms with Gasteiger partial charge in [0.15, 0.2) is 5.58 Å². The molecule has 208 valence electrons. The molecule has 0 saturated carbocycles. The highest BCUT2D eigenvalue weighted by molar-refractivity contribution is 6.05. The highest BCUT2D eigenvalue weighted by Crippen LogP contribution is 2.38. The van der Waals surface area contributed by atoms with E-state index in [1.807, 2.05) is 6.07 Å². The third-order valence-electron chi connectivity index (χ3n) is 8.20. The summed E-state index contributed by atoms with van der Waals surface area (Å²) >= 11 is 0. The minimum atomic E-state index is 0.808. The average molecular weight is 565 g/mol. The van der Waals surface area contributed by atoms with Gasteiger partial charge < -0.3 is 9.32 Å². The van der Waals surface area contributed by atoms with Crippen LogP contribution < -0.4 is 4.90 Å². The van der Waals surface area contributed by atoms with Crippen molar-refractivity contribution in [3.63, 3.8) is 0 Å². The number of hydrogen-bond donors (Lipinski definition) is 0. The molecule has 0 aliphatic carbocycles. The van der Waals surface area contributed by atoms with Gasteiger partial charge in [-0.15, -0.1) is 0 Å². The lowest BCUT2D eigenvalue weighted by molar-refractivity contribution is 0.667. The lowest BCUT2D eigenvalue weighted by Gasteiger charge is -2.26. The van der Waals surface area contributed by atoms with Crippen LogP contribution in [0, 0.1) is 0 Å². The van der Waals surface area contributed by atoms with E-state index in [2.05, 4.69) is 162 Å². The molecular formula is C41H28N2O. The second-order valence-electron chi connectivity index (χ2n) is 10.9. The van der Waals surface area contributed by atoms with Crippen molar-refractivity contribution in [1.82, 2.24) is 4.98 Å². The van der Waals surface area contributed by atoms with Crippen molar-refractivity contribution in [2.45, 2.75) is 0 Å². The van der Waals surface area contributed by atoms with Crippen LogP contribution in [-0.4, -0.2) is 4.98 Å². The number of anilines is 3. The van der Waals surface area contributed by atoms with E-state index in [9.17, 15) is 0 Å². The molecular weight excluding hydrogens is 536 g/mol. The number of hydrogen-bond acceptors (Lipinski definition) is 3. The standard InChI is InChI=1S/C41H28N2O/c1-3-7-29(8-4-1)31-11-18-35(19-12-31)43(36-20-13-32(14-21-36)30-9-5-2-6-10-30)37-22-15-33(16-23-37)34-17-24-38-39-25-26-42-28-41(39)44-40(38)27-34/h1-28H. The molecule has 8 aromatic rings. The SMILES string of the molecule is c1ccc(-c2ccc(N(c3ccc(-c4ccccc4)cc3)c3ccc(-c4ccc5c(c4)oc4cnccc45)cc3)cc2)cc1. The summed E-state index contributed by atoms with van der Waals surface area (Å²) in [6.45, 7) is 0. The van der Waals surface area contributed by atoms with Gasteiger partial charge in [0.1, 0.15) is 5.58 Å². The van der Waals surface area contributed by atoms with E-state index in [-0.39, 0.29) is 0 Å². The first kappa shape index (κ1) is 25.8. The molecule has 0 spiro atoms. The van der Waals surface area contributed by atoms with Gasteiger partial charge in [-0.3, -0.25) is 4.98 Å². The lowest BCUT2D eigenvalue weighted by Crippen LogP contribution is -2.09. The topological polar surface area (TPSA) is 29.3 Å². The monoisotopic (exact) mass is 564 g/mol. The summed E-state index contributed by atoms with van der Waals surface area (Å²) in [6.07, 6.45) is 3.58. The van der Waals surface area contributed by atoms with Crippen LogP contribution in [0.2, 0.25) is 0 Å². The molecule has 0 unspecified atom stereocenters. The van der Waals surface area contributed by atoms with E-state index >= 15 is 0 Å². The highest BCUT2D eigenvalue weighted by atomic mass is 16.3. The largest absolute Gasteiger partial charge is 0.454 e. The smallest absolute Gasteiger partial charge is 0.153 e. The Hall–Kier alpha value is -5.93. The predicted octanol–water partition coefficient (Wildman–Crippen LogP) is 11.5. The van der Waals surface area contributed by atoms with Crippen molar-refractivity contribution in [2.24, 2.45) is 0 Å². The minimum absolute atomic E-state index is 0.808. The fraction of sp³-hybridized carbons (Fsp3) is 0. The molecule has 3 heteroatoms. The first-order valence-corrected chi connectivity index (χ1v) is 14.8. The normalized spacial score (nSPS) is 11.2. The lowest BCUT2D eigenvalue weighted by atomic mass is 10.0. The Morgan fingerprint density at radius 3 is 1.34 bits per heavy atom. The van der Waals surface area contributed by atoms with Crippen LogP contribution in [0.3, 0.4) is 0 Å². The summed E-state index contributed by atoms with van der Waals surface area (Å²) in [7, 11) is 0. The molecule has 0 atom stereocenters. The Bertz CT molecular complexity index is 2100. The van der Waals surface area contributed by atoms with Gasteiger partial charge in [0.05, 0.1) is 6.20 Å². The van der Waals surface area contributed by atoms with E-state index in [1.165, 1.54) is 22.3 Å². The van der Waals surface area contributed by atoms with Crippen LogP contribution in [0.15, 0.2) is 175 Å². The number of rotatable bonds is 6. The van der Waals surface area contributed by atoms with E-state index in [0.717, 1.165) is 50.1 Å². The number of aromatic nitrogens is 1. The highest BCUT2D eigenvalue weighted by Gasteiger charge is 2.14. The fourth-order valence-electron chi connectivity index (χ4n) is 5.93. The molecule has 0 amide bonds. The Labute approximate surface area is 256 Å². The van der Waals surface area contributed by atoms with Crippen molar-refractivity contribution in [3.05, 3.63) is 170 Å². The second-order valence-corrected chi connectivity index (χ2v) is 10.9. The third kappa shape index (κ3) is 4.81. The van der Waals surface area contributed by atoms with Crippen LogP contribution in [0.4, 0.5) is 17.1 Å². The fourth-order valence-corrected chi connectivity index (χ4v) is 5.93. The molecule has 0 aliphatic rings. The van der Waals surface area contributed by atoms with E-state index in [1.54, 1.807) is 12.4 Å². The average Bonchev–Trinajstić information content (AvgIpc) is 3.48. The molecule has 0 fully saturated rings. The summed E-state index contributed by atoms with van der Waals surface area (Å²) in [6, 6.07) is 55.8. The van der Waals surface area contributed by atoms with Crippen molar-refractivity contribution >= 4 is 39.0 Å². The zero-order valence-electron chi connectivity index (χ0n) is 24.0. The van der Waals surface area contributed by atoms with Gasteiger partial charge in [-0.1, -0.05) is 103 Å². The predicted molar refractivity (Wildman–Crippen MR) is 183 cm³/mol. The van der Waals surface area contributed by atoms with Crippen LogP contribution in [0.1, 0.15) is 0 Å². The number of furan rings is 1. The van der Waals surface area contributed by atoms with Gasteiger partial charge in [0.2, 0.25) is 0 Å². The third-order valence-corrected chi connectivity index (χ3v) is 8.20. The molecule has 0 bridgehead atoms. The maximum atomic E-state index is 6.10. The molecule has 44 heavy (non-hydrogen) atoms. The molecule has 3 nitrogen and oxygen atoms in total. The second kappa shape index (κ2) is 11.0. The van der Waals surface area contributed by atoms with Gasteiger partial charge in [0.25, 0.3) is 0 Å². The van der Waals surface area contributed by atoms with Gasteiger partial charge in [-0.05, 0) is 88.0 Å². The maximum absolute atomic E-state index is 6.10. The number of benzene rings is 6. The van der Waals surface area contributed by atoms with Crippen LogP contribution in [-0.2, 0) is 0 Å². The Balaban J connectivity index is 1.16. The molecule has 8 rings (SSSR count). The van der Waals surface area contributed by atoms with E-state index < -0.39 is 0 Å². The van der Waals surface area contributed by atoms with Crippen molar-refractivity contribution in [1.29, 1.82) is 0 Å². The van der Waals surface area contributed by atoms with E-state index in [4.69, 9.17) is 4.42 Å². The van der Waals surface area contributed by atoms with Gasteiger partial charge >= 0.3 is 0 Å². The molecule has 0 N–H and O–H groups in total. The zero-order chi connectivity index (χ0) is 29.3. The molecule has 2 heterocycles. The van der Waals surface area contributed by atoms with Gasteiger partial charge in [-0.2, -0.15) is 0 Å². The first-order chi connectivity index (χ1) is 21.8. The molecule has 0 aliphatic heterocycles. The Morgan fingerprint density at radius 2 is 0.818 bits per heavy atom. The molecule has 2 aromatic heterocycles. The zero-order valence-corrected chi connectivity index (χ0v) is 24.0. The summed E-state index contributed by atoms with van der Waals surface area (Å²) in [5.74, 6) is 0. The Kier molecular flexibility index (Phi) is 6.47. The Morgan fingerprint density at radius 1 is 0.386 bits per heavy atom. The summed E-state index contributed by atoms with van der Waals surface area (Å²) in [4.78, 5) is 6.52. The van der Waals surface area contributed by atoms with Crippen molar-refractivity contribution in [3.8, 4) is 33.4 Å². The molecule has 6 aromatic carbocycles. The van der Waals surface area contributed by atoms with Crippen LogP contribution in [0.5, 0.6) is 0 Å². The van der Waals surface area contributed by atoms with Gasteiger partial charge in [0, 0.05) is 34.0 Å². The minimum Gasteiger partial charge on any atom is -0.454 e. The van der Waals surface area contributed by atoms with E-state index in [0.29, 0.717) is 0 Å². The summed E-state index contributed by atoms with van der Waals surface area (Å²) in [5, 5.41) is 2.19. The number of pyridine rings is 1. The quantitative estimate of drug-likeness (QED) is 0.201. The molecule has 0 saturated heterocycles. The maximum Gasteiger partial charge on any atom is 0.153 e. The van der Waals surface area contributed by atoms with Gasteiger partial charge in [-0.25, -0.2) is 0 Å². The first-order valence-electron chi connectivity index (χ1n) is 14.8. The number of fused-ring (bicyclic) bond motifs is 3. The molecule has 0 radical (unpaired) electrons. The number of nitrogens with zero attached hydrogens (tertiary/aromatic N) is 2. The van der Waals surface area contributed by atoms with Crippen LogP contribution >= 0.6 is 0 Å². The van der Waals surface area contributed by atoms with Crippen LogP contribution in [0.25, 0.3) is 55.3 Å². The van der Waals surface area contributed by atoms with Crippen molar-refractivity contribution in [2.75, 3.05) is 4.90 Å². The summed E-state index contributed by atoms with van der Waals surface area (Å²) in [5.41, 5.74) is 12.0. The van der Waals surface area contributed by atoms with Crippen molar-refractivity contribution < 1.29 is 4.42 Å². The summed E-state index contributed by atoms with van der Waals surface area (Å²) < 4.78 is 6.10.